The van der Waals surface area contributed by atoms with Crippen LogP contribution in [-0.4, -0.2) is 31.0 Å². The number of carbonyl (C=O) groups excluding carboxylic acids is 1. The number of para-hydroxylation sites is 1. The van der Waals surface area contributed by atoms with Crippen LogP contribution in [0, 0.1) is 0 Å². The average molecular weight is 558 g/mol. The summed E-state index contributed by atoms with van der Waals surface area (Å²) in [7, 11) is 0. The van der Waals surface area contributed by atoms with E-state index in [1.165, 1.54) is 0 Å². The summed E-state index contributed by atoms with van der Waals surface area (Å²) in [5.41, 5.74) is 5.28. The highest BCUT2D eigenvalue weighted by Gasteiger charge is 2.26. The Kier molecular flexibility index (Phi) is 6.53. The zero-order valence-corrected chi connectivity index (χ0v) is 21.6. The van der Waals surface area contributed by atoms with E-state index in [0.717, 1.165) is 74.3 Å². The summed E-state index contributed by atoms with van der Waals surface area (Å²) in [4.78, 5) is 18.4. The Morgan fingerprint density at radius 2 is 1.81 bits per heavy atom. The third-order valence-electron chi connectivity index (χ3n) is 6.51. The Bertz CT molecular complexity index is 1510. The molecule has 2 heterocycles. The van der Waals surface area contributed by atoms with Crippen LogP contribution in [-0.2, 0) is 11.2 Å². The number of aromatic nitrogens is 1. The normalized spacial score (nSPS) is 15.0. The van der Waals surface area contributed by atoms with Crippen LogP contribution >= 0.6 is 15.9 Å². The maximum Gasteiger partial charge on any atom is 0.339 e. The first kappa shape index (κ1) is 23.6. The minimum absolute atomic E-state index is 0.153. The van der Waals surface area contributed by atoms with E-state index in [1.807, 2.05) is 66.7 Å². The predicted octanol–water partition coefficient (Wildman–Crippen LogP) is 6.84. The molecule has 0 amide bonds. The van der Waals surface area contributed by atoms with Crippen molar-refractivity contribution in [3.05, 3.63) is 93.6 Å². The van der Waals surface area contributed by atoms with E-state index < -0.39 is 0 Å². The molecule has 0 fully saturated rings. The quantitative estimate of drug-likeness (QED) is 0.191. The second-order valence-electron chi connectivity index (χ2n) is 8.91. The van der Waals surface area contributed by atoms with Gasteiger partial charge in [0.15, 0.2) is 11.5 Å². The van der Waals surface area contributed by atoms with E-state index in [-0.39, 0.29) is 26.0 Å². The fourth-order valence-electron chi connectivity index (χ4n) is 4.81. The number of fused-ring (bicyclic) bond motifs is 3. The number of carbonyl (C=O) groups is 1. The zero-order valence-electron chi connectivity index (χ0n) is 20.0. The van der Waals surface area contributed by atoms with E-state index in [0.29, 0.717) is 5.56 Å². The first-order valence-corrected chi connectivity index (χ1v) is 13.0. The van der Waals surface area contributed by atoms with Crippen molar-refractivity contribution in [3.8, 4) is 17.2 Å². The molecule has 37 heavy (non-hydrogen) atoms. The summed E-state index contributed by atoms with van der Waals surface area (Å²) >= 11 is 3.41. The van der Waals surface area contributed by atoms with Crippen LogP contribution < -0.4 is 14.2 Å². The van der Waals surface area contributed by atoms with Crippen molar-refractivity contribution in [2.45, 2.75) is 19.3 Å². The van der Waals surface area contributed by atoms with Gasteiger partial charge in [0.2, 0.25) is 6.79 Å². The minimum atomic E-state index is -0.349. The fraction of sp³-hybridized carbons (Fsp3) is 0.200. The number of pyridine rings is 1. The van der Waals surface area contributed by atoms with Gasteiger partial charge in [0.05, 0.1) is 16.8 Å². The summed E-state index contributed by atoms with van der Waals surface area (Å²) in [5.74, 6) is 1.87. The molecule has 0 N–H and O–H groups in total. The van der Waals surface area contributed by atoms with E-state index in [2.05, 4.69) is 22.0 Å². The van der Waals surface area contributed by atoms with E-state index in [4.69, 9.17) is 23.9 Å². The topological polar surface area (TPSA) is 66.9 Å². The Labute approximate surface area is 223 Å². The molecule has 0 atom stereocenters. The Balaban J connectivity index is 1.29. The summed E-state index contributed by atoms with van der Waals surface area (Å²) in [6.45, 7) is 0.666. The molecule has 0 radical (unpaired) electrons. The van der Waals surface area contributed by atoms with Crippen molar-refractivity contribution in [2.75, 3.05) is 20.0 Å². The lowest BCUT2D eigenvalue weighted by atomic mass is 9.86. The Morgan fingerprint density at radius 1 is 0.973 bits per heavy atom. The standard InChI is InChI=1S/C30H24BrNO5/c31-21-9-11-22(12-10-21)34-14-15-35-30(33)28-23-5-1-2-7-25(23)32-29-20(4-3-6-24(28)29)16-19-8-13-26-27(17-19)37-18-36-26/h1-2,5,7-13,16-17H,3-4,6,14-15,18H2/b20-16+. The van der Waals surface area contributed by atoms with Gasteiger partial charge in [-0.15, -0.1) is 0 Å². The molecule has 0 saturated heterocycles. The third kappa shape index (κ3) is 4.91. The van der Waals surface area contributed by atoms with Crippen LogP contribution in [0.3, 0.4) is 0 Å². The molecule has 7 heteroatoms. The van der Waals surface area contributed by atoms with Gasteiger partial charge >= 0.3 is 5.97 Å². The van der Waals surface area contributed by atoms with Gasteiger partial charge in [-0.25, -0.2) is 9.78 Å². The average Bonchev–Trinajstić information content (AvgIpc) is 3.39. The molecule has 1 aliphatic carbocycles. The van der Waals surface area contributed by atoms with Crippen molar-refractivity contribution in [3.63, 3.8) is 0 Å². The minimum Gasteiger partial charge on any atom is -0.490 e. The van der Waals surface area contributed by atoms with Crippen LogP contribution in [0.2, 0.25) is 0 Å². The molecule has 4 aromatic rings. The number of hydrogen-bond acceptors (Lipinski definition) is 6. The van der Waals surface area contributed by atoms with Gasteiger partial charge in [0, 0.05) is 9.86 Å². The second-order valence-corrected chi connectivity index (χ2v) is 9.82. The third-order valence-corrected chi connectivity index (χ3v) is 7.04. The first-order valence-electron chi connectivity index (χ1n) is 12.2. The molecular formula is C30H24BrNO5. The Hall–Kier alpha value is -3.84. The molecule has 2 aliphatic rings. The number of hydrogen-bond donors (Lipinski definition) is 0. The van der Waals surface area contributed by atoms with Crippen LogP contribution in [0.1, 0.15) is 40.0 Å². The molecular weight excluding hydrogens is 534 g/mol. The van der Waals surface area contributed by atoms with Crippen LogP contribution in [0.5, 0.6) is 17.2 Å². The van der Waals surface area contributed by atoms with Gasteiger partial charge in [0.1, 0.15) is 19.0 Å². The smallest absolute Gasteiger partial charge is 0.339 e. The number of nitrogens with zero attached hydrogens (tertiary/aromatic N) is 1. The fourth-order valence-corrected chi connectivity index (χ4v) is 5.07. The van der Waals surface area contributed by atoms with E-state index in [9.17, 15) is 4.79 Å². The highest BCUT2D eigenvalue weighted by atomic mass is 79.9. The molecule has 0 bridgehead atoms. The maximum atomic E-state index is 13.4. The van der Waals surface area contributed by atoms with Gasteiger partial charge in [-0.05, 0) is 84.5 Å². The number of ether oxygens (including phenoxy) is 4. The molecule has 3 aromatic carbocycles. The van der Waals surface area contributed by atoms with Gasteiger partial charge in [-0.2, -0.15) is 0 Å². The highest BCUT2D eigenvalue weighted by Crippen LogP contribution is 2.38. The molecule has 6 nitrogen and oxygen atoms in total. The van der Waals surface area contributed by atoms with Crippen LogP contribution in [0.25, 0.3) is 22.6 Å². The molecule has 186 valence electrons. The number of rotatable bonds is 6. The van der Waals surface area contributed by atoms with Crippen molar-refractivity contribution in [1.29, 1.82) is 0 Å². The van der Waals surface area contributed by atoms with Crippen molar-refractivity contribution in [2.24, 2.45) is 0 Å². The number of allylic oxidation sites excluding steroid dienone is 1. The molecule has 0 spiro atoms. The SMILES string of the molecule is O=C(OCCOc1ccc(Br)cc1)c1c2c(nc3ccccc13)/C(=C/c1ccc3c(c1)OCO3)CCC2. The van der Waals surface area contributed by atoms with E-state index in [1.54, 1.807) is 0 Å². The first-order chi connectivity index (χ1) is 18.2. The predicted molar refractivity (Wildman–Crippen MR) is 145 cm³/mol. The van der Waals surface area contributed by atoms with Crippen molar-refractivity contribution >= 4 is 44.5 Å². The summed E-state index contributed by atoms with van der Waals surface area (Å²) < 4.78 is 23.4. The van der Waals surface area contributed by atoms with Gasteiger partial charge < -0.3 is 18.9 Å². The van der Waals surface area contributed by atoms with Crippen molar-refractivity contribution < 1.29 is 23.7 Å². The summed E-state index contributed by atoms with van der Waals surface area (Å²) in [5, 5.41) is 0.810. The lowest BCUT2D eigenvalue weighted by molar-refractivity contribution is 0.0451. The number of esters is 1. The largest absolute Gasteiger partial charge is 0.490 e. The lowest BCUT2D eigenvalue weighted by Crippen LogP contribution is -2.17. The highest BCUT2D eigenvalue weighted by molar-refractivity contribution is 9.10. The molecule has 0 unspecified atom stereocenters. The van der Waals surface area contributed by atoms with Gasteiger partial charge in [-0.1, -0.05) is 40.2 Å². The summed E-state index contributed by atoms with van der Waals surface area (Å²) in [6.07, 6.45) is 4.70. The molecule has 6 rings (SSSR count). The lowest BCUT2D eigenvalue weighted by Gasteiger charge is -2.22. The van der Waals surface area contributed by atoms with E-state index >= 15 is 0 Å². The molecule has 0 saturated carbocycles. The Morgan fingerprint density at radius 3 is 2.70 bits per heavy atom. The molecule has 1 aliphatic heterocycles. The second kappa shape index (κ2) is 10.3. The van der Waals surface area contributed by atoms with Gasteiger partial charge in [0.25, 0.3) is 0 Å². The van der Waals surface area contributed by atoms with Crippen LogP contribution in [0.4, 0.5) is 0 Å². The zero-order chi connectivity index (χ0) is 25.2. The van der Waals surface area contributed by atoms with Gasteiger partial charge in [-0.3, -0.25) is 0 Å². The monoisotopic (exact) mass is 557 g/mol. The van der Waals surface area contributed by atoms with Crippen molar-refractivity contribution in [1.82, 2.24) is 4.98 Å². The van der Waals surface area contributed by atoms with Crippen LogP contribution in [0.15, 0.2) is 71.2 Å². The maximum absolute atomic E-state index is 13.4. The molecule has 1 aromatic heterocycles. The summed E-state index contributed by atoms with van der Waals surface area (Å²) in [6, 6.07) is 21.2. The number of benzene rings is 3. The number of halogens is 1.